The summed E-state index contributed by atoms with van der Waals surface area (Å²) in [6.45, 7) is 4.15. The van der Waals surface area contributed by atoms with E-state index < -0.39 is 5.91 Å². The van der Waals surface area contributed by atoms with Crippen molar-refractivity contribution in [2.75, 3.05) is 5.32 Å². The summed E-state index contributed by atoms with van der Waals surface area (Å²) in [6.07, 6.45) is 1.67. The SMILES string of the molecule is Cc1cc(C)cc(Nc2nc3cc(Oc4ccnc(CC(N)=O)c4)ccc3n2C)c1. The number of primary amides is 1. The van der Waals surface area contributed by atoms with E-state index in [1.165, 1.54) is 11.1 Å². The van der Waals surface area contributed by atoms with Gasteiger partial charge in [-0.15, -0.1) is 0 Å². The first kappa shape index (κ1) is 19.4. The lowest BCUT2D eigenvalue weighted by molar-refractivity contribution is -0.117. The molecule has 4 rings (SSSR count). The fourth-order valence-electron chi connectivity index (χ4n) is 3.46. The van der Waals surface area contributed by atoms with E-state index in [9.17, 15) is 4.79 Å². The summed E-state index contributed by atoms with van der Waals surface area (Å²) in [5.41, 5.74) is 11.0. The molecule has 7 nitrogen and oxygen atoms in total. The van der Waals surface area contributed by atoms with Gasteiger partial charge in [0, 0.05) is 31.1 Å². The van der Waals surface area contributed by atoms with Gasteiger partial charge in [0.15, 0.2) is 0 Å². The highest BCUT2D eigenvalue weighted by Gasteiger charge is 2.10. The number of aryl methyl sites for hydroxylation is 3. The van der Waals surface area contributed by atoms with Gasteiger partial charge in [0.2, 0.25) is 11.9 Å². The topological polar surface area (TPSA) is 95.1 Å². The average molecular weight is 401 g/mol. The van der Waals surface area contributed by atoms with Crippen LogP contribution in [-0.2, 0) is 18.3 Å². The lowest BCUT2D eigenvalue weighted by Crippen LogP contribution is -2.14. The Kier molecular flexibility index (Phi) is 5.10. The molecule has 0 radical (unpaired) electrons. The van der Waals surface area contributed by atoms with Gasteiger partial charge < -0.3 is 20.4 Å². The number of hydrogen-bond donors (Lipinski definition) is 2. The predicted molar refractivity (Wildman–Crippen MR) is 117 cm³/mol. The largest absolute Gasteiger partial charge is 0.457 e. The summed E-state index contributed by atoms with van der Waals surface area (Å²) in [5, 5.41) is 3.40. The number of fused-ring (bicyclic) bond motifs is 1. The van der Waals surface area contributed by atoms with Crippen LogP contribution in [0.3, 0.4) is 0 Å². The fourth-order valence-corrected chi connectivity index (χ4v) is 3.46. The van der Waals surface area contributed by atoms with Gasteiger partial charge >= 0.3 is 0 Å². The lowest BCUT2D eigenvalue weighted by atomic mass is 10.1. The van der Waals surface area contributed by atoms with Gasteiger partial charge in [-0.05, 0) is 55.3 Å². The molecular weight excluding hydrogens is 378 g/mol. The minimum atomic E-state index is -0.432. The molecule has 7 heteroatoms. The average Bonchev–Trinajstić information content (AvgIpc) is 2.95. The fraction of sp³-hybridized carbons (Fsp3) is 0.174. The first-order valence-electron chi connectivity index (χ1n) is 9.60. The zero-order valence-corrected chi connectivity index (χ0v) is 17.1. The zero-order valence-electron chi connectivity index (χ0n) is 17.1. The molecule has 0 atom stereocenters. The summed E-state index contributed by atoms with van der Waals surface area (Å²) in [7, 11) is 1.97. The Morgan fingerprint density at radius 2 is 1.80 bits per heavy atom. The maximum absolute atomic E-state index is 11.1. The number of anilines is 2. The number of pyridine rings is 1. The van der Waals surface area contributed by atoms with E-state index in [1.807, 2.05) is 29.8 Å². The van der Waals surface area contributed by atoms with Crippen molar-refractivity contribution >= 4 is 28.6 Å². The van der Waals surface area contributed by atoms with Crippen LogP contribution in [0.15, 0.2) is 54.7 Å². The Labute approximate surface area is 174 Å². The van der Waals surface area contributed by atoms with Crippen LogP contribution in [0, 0.1) is 13.8 Å². The van der Waals surface area contributed by atoms with E-state index in [4.69, 9.17) is 15.5 Å². The molecule has 0 aliphatic rings. The lowest BCUT2D eigenvalue weighted by Gasteiger charge is -2.08. The van der Waals surface area contributed by atoms with Gasteiger partial charge in [0.05, 0.1) is 23.1 Å². The van der Waals surface area contributed by atoms with Gasteiger partial charge in [0.25, 0.3) is 0 Å². The van der Waals surface area contributed by atoms with Crippen molar-refractivity contribution < 1.29 is 9.53 Å². The highest BCUT2D eigenvalue weighted by atomic mass is 16.5. The second-order valence-electron chi connectivity index (χ2n) is 7.37. The third kappa shape index (κ3) is 4.25. The molecular formula is C23H23N5O2. The Bertz CT molecular complexity index is 1230. The Hall–Kier alpha value is -3.87. The molecule has 0 aliphatic carbocycles. The first-order chi connectivity index (χ1) is 14.4. The number of carbonyl (C=O) groups is 1. The van der Waals surface area contributed by atoms with E-state index in [1.54, 1.807) is 18.3 Å². The van der Waals surface area contributed by atoms with E-state index in [-0.39, 0.29) is 6.42 Å². The number of rotatable bonds is 6. The number of nitrogens with zero attached hydrogens (tertiary/aromatic N) is 3. The van der Waals surface area contributed by atoms with Crippen LogP contribution in [-0.4, -0.2) is 20.4 Å². The summed E-state index contributed by atoms with van der Waals surface area (Å²) in [6, 6.07) is 15.5. The summed E-state index contributed by atoms with van der Waals surface area (Å²) in [5.74, 6) is 1.55. The quantitative estimate of drug-likeness (QED) is 0.506. The molecule has 0 spiro atoms. The van der Waals surface area contributed by atoms with Crippen molar-refractivity contribution in [2.45, 2.75) is 20.3 Å². The first-order valence-corrected chi connectivity index (χ1v) is 9.60. The van der Waals surface area contributed by atoms with Crippen molar-refractivity contribution in [3.05, 3.63) is 71.5 Å². The Balaban J connectivity index is 1.59. The van der Waals surface area contributed by atoms with E-state index >= 15 is 0 Å². The molecule has 3 N–H and O–H groups in total. The number of hydrogen-bond acceptors (Lipinski definition) is 5. The Morgan fingerprint density at radius 3 is 2.53 bits per heavy atom. The highest BCUT2D eigenvalue weighted by molar-refractivity contribution is 5.81. The second kappa shape index (κ2) is 7.87. The summed E-state index contributed by atoms with van der Waals surface area (Å²) in [4.78, 5) is 20.0. The van der Waals surface area contributed by atoms with Crippen molar-refractivity contribution in [1.82, 2.24) is 14.5 Å². The van der Waals surface area contributed by atoms with Crippen molar-refractivity contribution in [2.24, 2.45) is 12.8 Å². The molecule has 4 aromatic rings. The molecule has 2 heterocycles. The molecule has 0 saturated carbocycles. The third-order valence-corrected chi connectivity index (χ3v) is 4.71. The van der Waals surface area contributed by atoms with Crippen LogP contribution < -0.4 is 15.8 Å². The summed E-state index contributed by atoms with van der Waals surface area (Å²) < 4.78 is 7.95. The molecule has 0 unspecified atom stereocenters. The molecule has 0 aliphatic heterocycles. The third-order valence-electron chi connectivity index (χ3n) is 4.71. The maximum atomic E-state index is 11.1. The number of ether oxygens (including phenoxy) is 1. The number of aromatic nitrogens is 3. The smallest absolute Gasteiger partial charge is 0.223 e. The molecule has 0 fully saturated rings. The number of benzene rings is 2. The van der Waals surface area contributed by atoms with E-state index in [0.717, 1.165) is 22.7 Å². The van der Waals surface area contributed by atoms with Crippen LogP contribution in [0.1, 0.15) is 16.8 Å². The number of amides is 1. The van der Waals surface area contributed by atoms with E-state index in [2.05, 4.69) is 42.3 Å². The van der Waals surface area contributed by atoms with Gasteiger partial charge in [-0.2, -0.15) is 0 Å². The normalized spacial score (nSPS) is 10.9. The standard InChI is InChI=1S/C23H23N5O2/c1-14-8-15(2)10-17(9-14)26-23-27-20-13-18(4-5-21(20)28(23)3)30-19-6-7-25-16(11-19)12-22(24)29/h4-11,13H,12H2,1-3H3,(H2,24,29)(H,26,27). The summed E-state index contributed by atoms with van der Waals surface area (Å²) >= 11 is 0. The number of nitrogens with one attached hydrogen (secondary N) is 1. The molecule has 30 heavy (non-hydrogen) atoms. The zero-order chi connectivity index (χ0) is 21.3. The maximum Gasteiger partial charge on any atom is 0.223 e. The minimum absolute atomic E-state index is 0.0734. The van der Waals surface area contributed by atoms with Crippen LogP contribution in [0.25, 0.3) is 11.0 Å². The highest BCUT2D eigenvalue weighted by Crippen LogP contribution is 2.28. The van der Waals surface area contributed by atoms with Gasteiger partial charge in [-0.25, -0.2) is 4.98 Å². The van der Waals surface area contributed by atoms with Gasteiger partial charge in [-0.1, -0.05) is 6.07 Å². The monoisotopic (exact) mass is 401 g/mol. The van der Waals surface area contributed by atoms with Gasteiger partial charge in [-0.3, -0.25) is 9.78 Å². The molecule has 0 saturated heterocycles. The van der Waals surface area contributed by atoms with Crippen molar-refractivity contribution in [3.8, 4) is 11.5 Å². The molecule has 1 amide bonds. The molecule has 0 bridgehead atoms. The van der Waals surface area contributed by atoms with Crippen molar-refractivity contribution in [3.63, 3.8) is 0 Å². The Morgan fingerprint density at radius 1 is 1.07 bits per heavy atom. The minimum Gasteiger partial charge on any atom is -0.457 e. The number of carbonyl (C=O) groups excluding carboxylic acids is 1. The number of nitrogens with two attached hydrogens (primary N) is 1. The molecule has 152 valence electrons. The van der Waals surface area contributed by atoms with Crippen LogP contribution in [0.4, 0.5) is 11.6 Å². The van der Waals surface area contributed by atoms with Crippen LogP contribution >= 0.6 is 0 Å². The van der Waals surface area contributed by atoms with Crippen LogP contribution in [0.5, 0.6) is 11.5 Å². The number of imidazole rings is 1. The predicted octanol–water partition coefficient (Wildman–Crippen LogP) is 4.15. The molecule has 2 aromatic carbocycles. The second-order valence-corrected chi connectivity index (χ2v) is 7.37. The van der Waals surface area contributed by atoms with E-state index in [0.29, 0.717) is 17.2 Å². The molecule has 2 aromatic heterocycles. The van der Waals surface area contributed by atoms with Crippen LogP contribution in [0.2, 0.25) is 0 Å². The van der Waals surface area contributed by atoms with Gasteiger partial charge in [0.1, 0.15) is 11.5 Å². The van der Waals surface area contributed by atoms with Crippen molar-refractivity contribution in [1.29, 1.82) is 0 Å².